The van der Waals surface area contributed by atoms with E-state index in [1.807, 2.05) is 78.9 Å². The Balaban J connectivity index is 1.86. The van der Waals surface area contributed by atoms with Crippen LogP contribution >= 0.6 is 0 Å². The molecule has 0 atom stereocenters. The van der Waals surface area contributed by atoms with Crippen LogP contribution in [0.15, 0.2) is 82.2 Å². The van der Waals surface area contributed by atoms with Crippen molar-refractivity contribution >= 4 is 23.1 Å². The van der Waals surface area contributed by atoms with Crippen LogP contribution in [0.2, 0.25) is 0 Å². The van der Waals surface area contributed by atoms with Gasteiger partial charge < -0.3 is 4.42 Å². The number of nitrogens with zero attached hydrogens (tertiary/aromatic N) is 2. The van der Waals surface area contributed by atoms with E-state index in [1.54, 1.807) is 10.8 Å². The number of furan rings is 1. The summed E-state index contributed by atoms with van der Waals surface area (Å²) in [5.74, 6) is 1.32. The second-order valence-corrected chi connectivity index (χ2v) is 5.71. The molecular formula is C21H16N2O2. The predicted octanol–water partition coefficient (Wildman–Crippen LogP) is 4.21. The summed E-state index contributed by atoms with van der Waals surface area (Å²) in [6.45, 7) is 0.468. The van der Waals surface area contributed by atoms with Crippen LogP contribution < -0.4 is 5.56 Å². The summed E-state index contributed by atoms with van der Waals surface area (Å²) in [6, 6.07) is 21.0. The van der Waals surface area contributed by atoms with E-state index in [2.05, 4.69) is 4.98 Å². The highest BCUT2D eigenvalue weighted by Crippen LogP contribution is 2.13. The Labute approximate surface area is 144 Å². The largest absolute Gasteiger partial charge is 0.465 e. The van der Waals surface area contributed by atoms with Crippen molar-refractivity contribution in [3.63, 3.8) is 0 Å². The van der Waals surface area contributed by atoms with Gasteiger partial charge in [-0.1, -0.05) is 42.5 Å². The molecule has 2 heterocycles. The third-order valence-corrected chi connectivity index (χ3v) is 4.01. The summed E-state index contributed by atoms with van der Waals surface area (Å²) in [5.41, 5.74) is 1.69. The molecular weight excluding hydrogens is 312 g/mol. The van der Waals surface area contributed by atoms with Gasteiger partial charge in [0.15, 0.2) is 0 Å². The zero-order chi connectivity index (χ0) is 17.1. The third kappa shape index (κ3) is 3.15. The van der Waals surface area contributed by atoms with E-state index >= 15 is 0 Å². The molecule has 0 fully saturated rings. The Hall–Kier alpha value is -3.40. The van der Waals surface area contributed by atoms with Crippen LogP contribution in [0.4, 0.5) is 0 Å². The van der Waals surface area contributed by atoms with E-state index in [-0.39, 0.29) is 5.56 Å². The molecule has 4 aromatic rings. The molecule has 2 aromatic carbocycles. The van der Waals surface area contributed by atoms with Gasteiger partial charge in [0.25, 0.3) is 5.56 Å². The molecule has 0 N–H and O–H groups in total. The standard InChI is InChI=1S/C21H16N2O2/c24-21-18-10-4-5-11-19(18)22-20(13-12-17-9-6-14-25-17)23(21)15-16-7-2-1-3-8-16/h1-14H,15H2. The number of rotatable bonds is 4. The minimum atomic E-state index is -0.0476. The van der Waals surface area contributed by atoms with Crippen molar-refractivity contribution < 1.29 is 4.42 Å². The van der Waals surface area contributed by atoms with E-state index in [0.717, 1.165) is 5.56 Å². The van der Waals surface area contributed by atoms with Gasteiger partial charge in [0.1, 0.15) is 11.6 Å². The summed E-state index contributed by atoms with van der Waals surface area (Å²) >= 11 is 0. The van der Waals surface area contributed by atoms with Gasteiger partial charge in [-0.2, -0.15) is 0 Å². The first-order valence-electron chi connectivity index (χ1n) is 8.06. The number of hydrogen-bond donors (Lipinski definition) is 0. The number of hydrogen-bond acceptors (Lipinski definition) is 3. The minimum absolute atomic E-state index is 0.0476. The Morgan fingerprint density at radius 2 is 1.72 bits per heavy atom. The molecule has 0 amide bonds. The Morgan fingerprint density at radius 3 is 2.52 bits per heavy atom. The van der Waals surface area contributed by atoms with Crippen LogP contribution in [0.5, 0.6) is 0 Å². The quantitative estimate of drug-likeness (QED) is 0.564. The van der Waals surface area contributed by atoms with E-state index < -0.39 is 0 Å². The predicted molar refractivity (Wildman–Crippen MR) is 99.2 cm³/mol. The molecule has 0 aliphatic heterocycles. The van der Waals surface area contributed by atoms with Crippen molar-refractivity contribution in [3.8, 4) is 0 Å². The zero-order valence-electron chi connectivity index (χ0n) is 13.5. The molecule has 25 heavy (non-hydrogen) atoms. The molecule has 0 radical (unpaired) electrons. The lowest BCUT2D eigenvalue weighted by atomic mass is 10.2. The second-order valence-electron chi connectivity index (χ2n) is 5.71. The molecule has 0 bridgehead atoms. The van der Waals surface area contributed by atoms with E-state index in [9.17, 15) is 4.79 Å². The van der Waals surface area contributed by atoms with Crippen LogP contribution in [0.3, 0.4) is 0 Å². The van der Waals surface area contributed by atoms with Crippen molar-refractivity contribution in [2.24, 2.45) is 0 Å². The van der Waals surface area contributed by atoms with Crippen molar-refractivity contribution in [2.75, 3.05) is 0 Å². The van der Waals surface area contributed by atoms with Crippen molar-refractivity contribution in [1.82, 2.24) is 9.55 Å². The lowest BCUT2D eigenvalue weighted by Gasteiger charge is -2.11. The van der Waals surface area contributed by atoms with Gasteiger partial charge in [0.05, 0.1) is 23.7 Å². The maximum Gasteiger partial charge on any atom is 0.261 e. The highest BCUT2D eigenvalue weighted by atomic mass is 16.3. The highest BCUT2D eigenvalue weighted by Gasteiger charge is 2.09. The lowest BCUT2D eigenvalue weighted by molar-refractivity contribution is 0.557. The van der Waals surface area contributed by atoms with Crippen molar-refractivity contribution in [1.29, 1.82) is 0 Å². The summed E-state index contributed by atoms with van der Waals surface area (Å²) < 4.78 is 7.02. The molecule has 0 spiro atoms. The molecule has 0 saturated heterocycles. The average Bonchev–Trinajstić information content (AvgIpc) is 3.17. The Morgan fingerprint density at radius 1 is 0.920 bits per heavy atom. The number of para-hydroxylation sites is 1. The number of fused-ring (bicyclic) bond motifs is 1. The topological polar surface area (TPSA) is 48.0 Å². The average molecular weight is 328 g/mol. The minimum Gasteiger partial charge on any atom is -0.465 e. The first-order chi connectivity index (χ1) is 12.3. The summed E-state index contributed by atoms with van der Waals surface area (Å²) in [4.78, 5) is 17.6. The molecule has 4 heteroatoms. The van der Waals surface area contributed by atoms with Crippen LogP contribution in [0, 0.1) is 0 Å². The van der Waals surface area contributed by atoms with Crippen LogP contribution in [-0.2, 0) is 6.54 Å². The van der Waals surface area contributed by atoms with Gasteiger partial charge in [-0.3, -0.25) is 9.36 Å². The fraction of sp³-hybridized carbons (Fsp3) is 0.0476. The maximum absolute atomic E-state index is 13.0. The van der Waals surface area contributed by atoms with Gasteiger partial charge in [0, 0.05) is 0 Å². The normalized spacial score (nSPS) is 11.4. The van der Waals surface area contributed by atoms with Gasteiger partial charge in [0.2, 0.25) is 0 Å². The monoisotopic (exact) mass is 328 g/mol. The molecule has 2 aromatic heterocycles. The third-order valence-electron chi connectivity index (χ3n) is 4.01. The summed E-state index contributed by atoms with van der Waals surface area (Å²) in [6.07, 6.45) is 5.25. The fourth-order valence-electron chi connectivity index (χ4n) is 2.77. The van der Waals surface area contributed by atoms with Gasteiger partial charge in [-0.25, -0.2) is 4.98 Å². The highest BCUT2D eigenvalue weighted by molar-refractivity contribution is 5.79. The molecule has 4 nitrogen and oxygen atoms in total. The van der Waals surface area contributed by atoms with Crippen LogP contribution in [-0.4, -0.2) is 9.55 Å². The first kappa shape index (κ1) is 15.1. The smallest absolute Gasteiger partial charge is 0.261 e. The second kappa shape index (κ2) is 6.61. The number of aromatic nitrogens is 2. The molecule has 0 aliphatic rings. The molecule has 122 valence electrons. The maximum atomic E-state index is 13.0. The lowest BCUT2D eigenvalue weighted by Crippen LogP contribution is -2.24. The van der Waals surface area contributed by atoms with Crippen LogP contribution in [0.1, 0.15) is 17.1 Å². The first-order valence-corrected chi connectivity index (χ1v) is 8.06. The van der Waals surface area contributed by atoms with Crippen LogP contribution in [0.25, 0.3) is 23.1 Å². The van der Waals surface area contributed by atoms with E-state index in [0.29, 0.717) is 29.0 Å². The molecule has 0 saturated carbocycles. The molecule has 0 aliphatic carbocycles. The fourth-order valence-corrected chi connectivity index (χ4v) is 2.77. The Kier molecular flexibility index (Phi) is 4.01. The summed E-state index contributed by atoms with van der Waals surface area (Å²) in [7, 11) is 0. The van der Waals surface area contributed by atoms with Gasteiger partial charge in [-0.15, -0.1) is 0 Å². The molecule has 0 unspecified atom stereocenters. The SMILES string of the molecule is O=c1c2ccccc2nc(C=Cc2ccco2)n1Cc1ccccc1. The zero-order valence-corrected chi connectivity index (χ0v) is 13.5. The van der Waals surface area contributed by atoms with E-state index in [1.165, 1.54) is 0 Å². The van der Waals surface area contributed by atoms with Crippen molar-refractivity contribution in [3.05, 3.63) is 100 Å². The Bertz CT molecular complexity index is 1080. The van der Waals surface area contributed by atoms with Gasteiger partial charge >= 0.3 is 0 Å². The van der Waals surface area contributed by atoms with E-state index in [4.69, 9.17) is 4.42 Å². The van der Waals surface area contributed by atoms with Crippen molar-refractivity contribution in [2.45, 2.75) is 6.54 Å². The van der Waals surface area contributed by atoms with Gasteiger partial charge in [-0.05, 0) is 42.0 Å². The summed E-state index contributed by atoms with van der Waals surface area (Å²) in [5, 5.41) is 0.619. The number of benzene rings is 2. The molecule has 4 rings (SSSR count).